The lowest BCUT2D eigenvalue weighted by molar-refractivity contribution is 0.625. The molecule has 0 radical (unpaired) electrons. The maximum Gasteiger partial charge on any atom is 0.123 e. The van der Waals surface area contributed by atoms with Crippen LogP contribution in [-0.2, 0) is 6.54 Å². The molecular formula is C12H14FNS. The Labute approximate surface area is 94.5 Å². The van der Waals surface area contributed by atoms with Gasteiger partial charge < -0.3 is 5.32 Å². The highest BCUT2D eigenvalue weighted by atomic mass is 32.2. The van der Waals surface area contributed by atoms with Crippen LogP contribution in [0.4, 0.5) is 4.39 Å². The molecule has 0 aromatic heterocycles. The Hall–Kier alpha value is -0.980. The lowest BCUT2D eigenvalue weighted by atomic mass is 10.2. The number of halogens is 1. The fourth-order valence-electron chi connectivity index (χ4n) is 1.11. The maximum atomic E-state index is 12.6. The van der Waals surface area contributed by atoms with Crippen molar-refractivity contribution in [2.24, 2.45) is 0 Å². The van der Waals surface area contributed by atoms with Crippen molar-refractivity contribution in [3.05, 3.63) is 35.6 Å². The van der Waals surface area contributed by atoms with Crippen LogP contribution < -0.4 is 5.32 Å². The van der Waals surface area contributed by atoms with Gasteiger partial charge in [-0.1, -0.05) is 18.1 Å². The standard InChI is InChI=1S/C12H14FNS/c1-2-8-15-9-7-14-10-11-3-5-12(13)6-4-11/h1,3-6,14H,7-10H2. The largest absolute Gasteiger partial charge is 0.312 e. The van der Waals surface area contributed by atoms with Crippen molar-refractivity contribution in [3.63, 3.8) is 0 Å². The van der Waals surface area contributed by atoms with Crippen LogP contribution in [0.2, 0.25) is 0 Å². The third-order valence-corrected chi connectivity index (χ3v) is 2.71. The summed E-state index contributed by atoms with van der Waals surface area (Å²) in [7, 11) is 0. The van der Waals surface area contributed by atoms with Crippen molar-refractivity contribution in [2.75, 3.05) is 18.1 Å². The average Bonchev–Trinajstić information content (AvgIpc) is 2.26. The fraction of sp³-hybridized carbons (Fsp3) is 0.333. The second-order valence-corrected chi connectivity index (χ2v) is 4.17. The molecule has 0 aliphatic carbocycles. The summed E-state index contributed by atoms with van der Waals surface area (Å²) in [6.45, 7) is 1.70. The number of hydrogen-bond acceptors (Lipinski definition) is 2. The van der Waals surface area contributed by atoms with Gasteiger partial charge in [0.15, 0.2) is 0 Å². The van der Waals surface area contributed by atoms with Crippen LogP contribution >= 0.6 is 11.8 Å². The van der Waals surface area contributed by atoms with Crippen molar-refractivity contribution in [3.8, 4) is 12.3 Å². The predicted octanol–water partition coefficient (Wildman–Crippen LogP) is 2.28. The van der Waals surface area contributed by atoms with Gasteiger partial charge in [0.2, 0.25) is 0 Å². The molecule has 80 valence electrons. The van der Waals surface area contributed by atoms with Crippen molar-refractivity contribution < 1.29 is 4.39 Å². The first-order valence-corrected chi connectivity index (χ1v) is 5.95. The zero-order chi connectivity index (χ0) is 10.9. The highest BCUT2D eigenvalue weighted by Crippen LogP contribution is 2.02. The smallest absolute Gasteiger partial charge is 0.123 e. The molecule has 0 atom stereocenters. The van der Waals surface area contributed by atoms with Crippen LogP contribution in [0.1, 0.15) is 5.56 Å². The van der Waals surface area contributed by atoms with Crippen molar-refractivity contribution in [2.45, 2.75) is 6.54 Å². The van der Waals surface area contributed by atoms with Gasteiger partial charge in [0, 0.05) is 18.8 Å². The first-order valence-electron chi connectivity index (χ1n) is 4.79. The van der Waals surface area contributed by atoms with Crippen LogP contribution in [0.5, 0.6) is 0 Å². The van der Waals surface area contributed by atoms with Crippen molar-refractivity contribution >= 4 is 11.8 Å². The lowest BCUT2D eigenvalue weighted by Gasteiger charge is -2.03. The summed E-state index contributed by atoms with van der Waals surface area (Å²) in [6.07, 6.45) is 5.12. The Kier molecular flexibility index (Phi) is 5.91. The van der Waals surface area contributed by atoms with E-state index in [4.69, 9.17) is 6.42 Å². The van der Waals surface area contributed by atoms with Gasteiger partial charge in [-0.05, 0) is 17.7 Å². The van der Waals surface area contributed by atoms with E-state index in [1.165, 1.54) is 12.1 Å². The van der Waals surface area contributed by atoms with Crippen LogP contribution in [0, 0.1) is 18.2 Å². The van der Waals surface area contributed by atoms with Gasteiger partial charge in [-0.25, -0.2) is 4.39 Å². The van der Waals surface area contributed by atoms with Gasteiger partial charge in [0.1, 0.15) is 5.82 Å². The molecule has 0 aliphatic heterocycles. The number of rotatable bonds is 6. The normalized spacial score (nSPS) is 9.87. The van der Waals surface area contributed by atoms with E-state index < -0.39 is 0 Å². The molecule has 3 heteroatoms. The Balaban J connectivity index is 2.10. The van der Waals surface area contributed by atoms with Crippen molar-refractivity contribution in [1.29, 1.82) is 0 Å². The van der Waals surface area contributed by atoms with Crippen LogP contribution in [-0.4, -0.2) is 18.1 Å². The molecule has 0 unspecified atom stereocenters. The van der Waals surface area contributed by atoms with Gasteiger partial charge in [0.05, 0.1) is 5.75 Å². The summed E-state index contributed by atoms with van der Waals surface area (Å²) in [4.78, 5) is 0. The number of nitrogens with one attached hydrogen (secondary N) is 1. The van der Waals surface area contributed by atoms with E-state index in [0.717, 1.165) is 30.2 Å². The second-order valence-electron chi connectivity index (χ2n) is 3.06. The molecule has 1 aromatic carbocycles. The summed E-state index contributed by atoms with van der Waals surface area (Å²) in [5.74, 6) is 4.15. The SMILES string of the molecule is C#CCSCCNCc1ccc(F)cc1. The quantitative estimate of drug-likeness (QED) is 0.586. The summed E-state index contributed by atoms with van der Waals surface area (Å²) >= 11 is 1.73. The molecule has 0 saturated carbocycles. The minimum absolute atomic E-state index is 0.191. The molecule has 1 nitrogen and oxygen atoms in total. The Morgan fingerprint density at radius 1 is 1.33 bits per heavy atom. The van der Waals surface area contributed by atoms with Gasteiger partial charge in [-0.3, -0.25) is 0 Å². The van der Waals surface area contributed by atoms with E-state index in [1.54, 1.807) is 23.9 Å². The summed E-state index contributed by atoms with van der Waals surface area (Å²) in [5, 5.41) is 3.27. The zero-order valence-corrected chi connectivity index (χ0v) is 9.32. The molecule has 0 aliphatic rings. The molecule has 1 N–H and O–H groups in total. The van der Waals surface area contributed by atoms with Gasteiger partial charge in [-0.15, -0.1) is 18.2 Å². The number of hydrogen-bond donors (Lipinski definition) is 1. The number of benzene rings is 1. The minimum atomic E-state index is -0.191. The molecular weight excluding hydrogens is 209 g/mol. The maximum absolute atomic E-state index is 12.6. The van der Waals surface area contributed by atoms with Crippen LogP contribution in [0.25, 0.3) is 0 Å². The van der Waals surface area contributed by atoms with Gasteiger partial charge >= 0.3 is 0 Å². The number of terminal acetylenes is 1. The summed E-state index contributed by atoms with van der Waals surface area (Å²) < 4.78 is 12.6. The Bertz CT molecular complexity index is 315. The number of thioether (sulfide) groups is 1. The molecule has 0 spiro atoms. The molecule has 0 saturated heterocycles. The molecule has 0 heterocycles. The van der Waals surface area contributed by atoms with Crippen LogP contribution in [0.3, 0.4) is 0 Å². The van der Waals surface area contributed by atoms with E-state index in [9.17, 15) is 4.39 Å². The second kappa shape index (κ2) is 7.33. The fourth-order valence-corrected chi connectivity index (χ4v) is 1.66. The molecule has 1 rings (SSSR count). The first kappa shape index (κ1) is 12.1. The lowest BCUT2D eigenvalue weighted by Crippen LogP contribution is -2.16. The third kappa shape index (κ3) is 5.46. The highest BCUT2D eigenvalue weighted by Gasteiger charge is 1.93. The highest BCUT2D eigenvalue weighted by molar-refractivity contribution is 7.99. The van der Waals surface area contributed by atoms with Gasteiger partial charge in [-0.2, -0.15) is 0 Å². The summed E-state index contributed by atoms with van der Waals surface area (Å²) in [6, 6.07) is 6.53. The summed E-state index contributed by atoms with van der Waals surface area (Å²) in [5.41, 5.74) is 1.10. The van der Waals surface area contributed by atoms with Crippen molar-refractivity contribution in [1.82, 2.24) is 5.32 Å². The van der Waals surface area contributed by atoms with E-state index in [-0.39, 0.29) is 5.82 Å². The molecule has 15 heavy (non-hydrogen) atoms. The first-order chi connectivity index (χ1) is 7.33. The third-order valence-electron chi connectivity index (χ3n) is 1.85. The van der Waals surface area contributed by atoms with Crippen LogP contribution in [0.15, 0.2) is 24.3 Å². The van der Waals surface area contributed by atoms with Gasteiger partial charge in [0.25, 0.3) is 0 Å². The van der Waals surface area contributed by atoms with E-state index in [2.05, 4.69) is 11.2 Å². The predicted molar refractivity (Wildman–Crippen MR) is 64.3 cm³/mol. The molecule has 1 aromatic rings. The monoisotopic (exact) mass is 223 g/mol. The minimum Gasteiger partial charge on any atom is -0.312 e. The van der Waals surface area contributed by atoms with E-state index >= 15 is 0 Å². The van der Waals surface area contributed by atoms with E-state index in [0.29, 0.717) is 0 Å². The topological polar surface area (TPSA) is 12.0 Å². The Morgan fingerprint density at radius 2 is 2.07 bits per heavy atom. The van der Waals surface area contributed by atoms with E-state index in [1.807, 2.05) is 0 Å². The Morgan fingerprint density at radius 3 is 2.73 bits per heavy atom. The molecule has 0 fully saturated rings. The zero-order valence-electron chi connectivity index (χ0n) is 8.50. The molecule has 0 bridgehead atoms. The average molecular weight is 223 g/mol. The molecule has 0 amide bonds.